The number of carbonyl (C=O) groups is 1. The maximum Gasteiger partial charge on any atom is 0.265 e. The fourth-order valence-electron chi connectivity index (χ4n) is 4.42. The van der Waals surface area contributed by atoms with Crippen molar-refractivity contribution in [3.63, 3.8) is 0 Å². The quantitative estimate of drug-likeness (QED) is 0.216. The Bertz CT molecular complexity index is 1440. The zero-order chi connectivity index (χ0) is 22.8. The molecule has 3 N–H and O–H groups in total. The van der Waals surface area contributed by atoms with Crippen LogP contribution < -0.4 is 16.0 Å². The Labute approximate surface area is 192 Å². The van der Waals surface area contributed by atoms with E-state index in [2.05, 4.69) is 47.2 Å². The van der Waals surface area contributed by atoms with Gasteiger partial charge < -0.3 is 9.30 Å². The van der Waals surface area contributed by atoms with E-state index in [1.807, 2.05) is 60.7 Å². The number of ether oxygens (including phenoxy) is 1. The van der Waals surface area contributed by atoms with Gasteiger partial charge in [-0.15, -0.1) is 0 Å². The van der Waals surface area contributed by atoms with E-state index in [-0.39, 0.29) is 5.91 Å². The van der Waals surface area contributed by atoms with Crippen LogP contribution in [0.1, 0.15) is 21.5 Å². The van der Waals surface area contributed by atoms with Crippen molar-refractivity contribution in [3.05, 3.63) is 108 Å². The average Bonchev–Trinajstić information content (AvgIpc) is 3.20. The molecule has 0 radical (unpaired) electrons. The molecule has 5 heteroatoms. The lowest BCUT2D eigenvalue weighted by molar-refractivity contribution is 0.0955. The SMILES string of the molecule is Cc1ccc(C(=O)NN)c2c3cc(OCCc4ccccc4)ccc3n(-c3ccccc3)c12. The Morgan fingerprint density at radius 2 is 1.67 bits per heavy atom. The first kappa shape index (κ1) is 20.8. The lowest BCUT2D eigenvalue weighted by atomic mass is 10.0. The van der Waals surface area contributed by atoms with Crippen molar-refractivity contribution in [2.24, 2.45) is 5.84 Å². The van der Waals surface area contributed by atoms with Crippen LogP contribution in [0.15, 0.2) is 91.0 Å². The van der Waals surface area contributed by atoms with Crippen molar-refractivity contribution in [1.29, 1.82) is 0 Å². The molecular weight excluding hydrogens is 410 g/mol. The minimum Gasteiger partial charge on any atom is -0.493 e. The number of rotatable bonds is 6. The van der Waals surface area contributed by atoms with Gasteiger partial charge in [0.1, 0.15) is 5.75 Å². The van der Waals surface area contributed by atoms with Gasteiger partial charge in [0.25, 0.3) is 5.91 Å². The standard InChI is InChI=1S/C28H25N3O2/c1-19-12-14-23(28(32)30-29)26-24-18-22(33-17-16-20-8-4-2-5-9-20)13-15-25(24)31(27(19)26)21-10-6-3-7-11-21/h2-15,18H,16-17,29H2,1H3,(H,30,32). The van der Waals surface area contributed by atoms with Crippen LogP contribution in [-0.4, -0.2) is 17.1 Å². The summed E-state index contributed by atoms with van der Waals surface area (Å²) in [4.78, 5) is 12.7. The van der Waals surface area contributed by atoms with Gasteiger partial charge in [0.05, 0.1) is 23.2 Å². The molecule has 1 aromatic heterocycles. The molecule has 0 saturated carbocycles. The predicted molar refractivity (Wildman–Crippen MR) is 133 cm³/mol. The van der Waals surface area contributed by atoms with E-state index in [0.717, 1.165) is 45.2 Å². The Morgan fingerprint density at radius 1 is 0.939 bits per heavy atom. The number of nitrogen functional groups attached to an aromatic ring is 1. The Balaban J connectivity index is 1.66. The summed E-state index contributed by atoms with van der Waals surface area (Å²) in [6.45, 7) is 2.63. The molecule has 0 aliphatic rings. The fourth-order valence-corrected chi connectivity index (χ4v) is 4.42. The Hall–Kier alpha value is -4.09. The second-order valence-electron chi connectivity index (χ2n) is 8.06. The number of nitrogens with zero attached hydrogens (tertiary/aromatic N) is 1. The van der Waals surface area contributed by atoms with Crippen LogP contribution in [0, 0.1) is 6.92 Å². The van der Waals surface area contributed by atoms with E-state index in [1.165, 1.54) is 5.56 Å². The summed E-state index contributed by atoms with van der Waals surface area (Å²) in [5.74, 6) is 5.97. The van der Waals surface area contributed by atoms with Crippen LogP contribution in [0.2, 0.25) is 0 Å². The van der Waals surface area contributed by atoms with Crippen LogP contribution in [0.5, 0.6) is 5.75 Å². The number of hydrazine groups is 1. The van der Waals surface area contributed by atoms with Crippen molar-refractivity contribution in [2.75, 3.05) is 6.61 Å². The fraction of sp³-hybridized carbons (Fsp3) is 0.107. The third-order valence-corrected chi connectivity index (χ3v) is 5.97. The highest BCUT2D eigenvalue weighted by Gasteiger charge is 2.20. The molecule has 0 aliphatic carbocycles. The predicted octanol–water partition coefficient (Wildman–Crippen LogP) is 5.32. The maximum absolute atomic E-state index is 12.7. The molecular formula is C28H25N3O2. The minimum absolute atomic E-state index is 0.317. The molecule has 33 heavy (non-hydrogen) atoms. The number of benzene rings is 4. The van der Waals surface area contributed by atoms with Crippen molar-refractivity contribution in [3.8, 4) is 11.4 Å². The molecule has 5 nitrogen and oxygen atoms in total. The number of aromatic nitrogens is 1. The van der Waals surface area contributed by atoms with Crippen LogP contribution in [0.3, 0.4) is 0 Å². The normalized spacial score (nSPS) is 11.1. The second kappa shape index (κ2) is 8.81. The van der Waals surface area contributed by atoms with E-state index < -0.39 is 0 Å². The van der Waals surface area contributed by atoms with E-state index in [0.29, 0.717) is 12.2 Å². The van der Waals surface area contributed by atoms with Gasteiger partial charge in [0, 0.05) is 22.9 Å². The third-order valence-electron chi connectivity index (χ3n) is 5.97. The molecule has 0 atom stereocenters. The van der Waals surface area contributed by atoms with E-state index in [9.17, 15) is 4.79 Å². The highest BCUT2D eigenvalue weighted by atomic mass is 16.5. The summed E-state index contributed by atoms with van der Waals surface area (Å²) in [6, 6.07) is 30.3. The van der Waals surface area contributed by atoms with Gasteiger partial charge in [0.15, 0.2) is 0 Å². The maximum atomic E-state index is 12.7. The first-order valence-electron chi connectivity index (χ1n) is 11.0. The number of nitrogens with one attached hydrogen (secondary N) is 1. The topological polar surface area (TPSA) is 69.3 Å². The summed E-state index contributed by atoms with van der Waals surface area (Å²) in [5, 5.41) is 1.82. The largest absolute Gasteiger partial charge is 0.493 e. The Kier molecular flexibility index (Phi) is 5.55. The van der Waals surface area contributed by atoms with Gasteiger partial charge in [-0.1, -0.05) is 54.6 Å². The van der Waals surface area contributed by atoms with Gasteiger partial charge in [0.2, 0.25) is 0 Å². The molecule has 0 bridgehead atoms. The molecule has 164 valence electrons. The number of aryl methyl sites for hydroxylation is 1. The molecule has 0 fully saturated rings. The van der Waals surface area contributed by atoms with Crippen molar-refractivity contribution < 1.29 is 9.53 Å². The second-order valence-corrected chi connectivity index (χ2v) is 8.06. The van der Waals surface area contributed by atoms with Gasteiger partial charge >= 0.3 is 0 Å². The summed E-state index contributed by atoms with van der Waals surface area (Å²) in [6.07, 6.45) is 0.824. The van der Waals surface area contributed by atoms with E-state index >= 15 is 0 Å². The lowest BCUT2D eigenvalue weighted by Crippen LogP contribution is -2.30. The number of carbonyl (C=O) groups excluding carboxylic acids is 1. The van der Waals surface area contributed by atoms with Crippen LogP contribution in [0.4, 0.5) is 0 Å². The highest BCUT2D eigenvalue weighted by molar-refractivity contribution is 6.19. The molecule has 5 aromatic rings. The summed E-state index contributed by atoms with van der Waals surface area (Å²) in [7, 11) is 0. The number of amides is 1. The van der Waals surface area contributed by atoms with Crippen LogP contribution >= 0.6 is 0 Å². The van der Waals surface area contributed by atoms with Gasteiger partial charge in [-0.3, -0.25) is 10.2 Å². The molecule has 0 saturated heterocycles. The lowest BCUT2D eigenvalue weighted by Gasteiger charge is -2.10. The minimum atomic E-state index is -0.317. The molecule has 5 rings (SSSR count). The highest BCUT2D eigenvalue weighted by Crippen LogP contribution is 2.37. The molecule has 1 amide bonds. The van der Waals surface area contributed by atoms with Gasteiger partial charge in [-0.2, -0.15) is 0 Å². The number of para-hydroxylation sites is 1. The average molecular weight is 436 g/mol. The smallest absolute Gasteiger partial charge is 0.265 e. The molecule has 0 aliphatic heterocycles. The Morgan fingerprint density at radius 3 is 2.39 bits per heavy atom. The number of hydrogen-bond donors (Lipinski definition) is 2. The van der Waals surface area contributed by atoms with E-state index in [1.54, 1.807) is 0 Å². The molecule has 1 heterocycles. The first-order chi connectivity index (χ1) is 16.2. The molecule has 4 aromatic carbocycles. The molecule has 0 unspecified atom stereocenters. The zero-order valence-corrected chi connectivity index (χ0v) is 18.4. The van der Waals surface area contributed by atoms with E-state index in [4.69, 9.17) is 10.6 Å². The first-order valence-corrected chi connectivity index (χ1v) is 11.0. The van der Waals surface area contributed by atoms with Crippen LogP contribution in [0.25, 0.3) is 27.5 Å². The van der Waals surface area contributed by atoms with Crippen molar-refractivity contribution >= 4 is 27.7 Å². The molecule has 0 spiro atoms. The van der Waals surface area contributed by atoms with Crippen LogP contribution in [-0.2, 0) is 6.42 Å². The summed E-state index contributed by atoms with van der Waals surface area (Å²) in [5.41, 5.74) is 8.17. The monoisotopic (exact) mass is 435 g/mol. The summed E-state index contributed by atoms with van der Waals surface area (Å²) < 4.78 is 8.30. The van der Waals surface area contributed by atoms with Crippen molar-refractivity contribution in [1.82, 2.24) is 9.99 Å². The van der Waals surface area contributed by atoms with Crippen molar-refractivity contribution in [2.45, 2.75) is 13.3 Å². The zero-order valence-electron chi connectivity index (χ0n) is 18.4. The number of nitrogens with two attached hydrogens (primary N) is 1. The summed E-state index contributed by atoms with van der Waals surface area (Å²) >= 11 is 0. The van der Waals surface area contributed by atoms with Gasteiger partial charge in [-0.25, -0.2) is 5.84 Å². The number of fused-ring (bicyclic) bond motifs is 3. The third kappa shape index (κ3) is 3.83. The van der Waals surface area contributed by atoms with Gasteiger partial charge in [-0.05, 0) is 54.4 Å². The number of hydrogen-bond acceptors (Lipinski definition) is 3.